The molecule has 0 aromatic heterocycles. The van der Waals surface area contributed by atoms with E-state index >= 15 is 0 Å². The van der Waals surface area contributed by atoms with Crippen molar-refractivity contribution in [1.82, 2.24) is 0 Å². The second-order valence-electron chi connectivity index (χ2n) is 3.77. The average molecular weight is 288 g/mol. The molecule has 1 aromatic carbocycles. The smallest absolute Gasteiger partial charge is 0.258 e. The number of hydrogen-bond acceptors (Lipinski definition) is 4. The lowest BCUT2D eigenvalue weighted by molar-refractivity contribution is -0.385. The molecule has 0 radical (unpaired) electrons. The van der Waals surface area contributed by atoms with Gasteiger partial charge in [-0.25, -0.2) is 8.42 Å². The van der Waals surface area contributed by atoms with Gasteiger partial charge in [0.2, 0.25) is 0 Å². The van der Waals surface area contributed by atoms with Crippen molar-refractivity contribution in [3.05, 3.63) is 33.9 Å². The number of rotatable bonds is 2. The Bertz CT molecular complexity index is 641. The van der Waals surface area contributed by atoms with Crippen LogP contribution >= 0.6 is 10.7 Å². The molecule has 0 heterocycles. The summed E-state index contributed by atoms with van der Waals surface area (Å²) in [5.74, 6) is 5.16. The molecule has 1 aromatic rings. The van der Waals surface area contributed by atoms with E-state index in [4.69, 9.17) is 10.7 Å². The quantitative estimate of drug-likeness (QED) is 0.362. The van der Waals surface area contributed by atoms with Gasteiger partial charge in [-0.3, -0.25) is 10.1 Å². The van der Waals surface area contributed by atoms with Crippen LogP contribution in [0.4, 0.5) is 5.69 Å². The third kappa shape index (κ3) is 3.45. The largest absolute Gasteiger partial charge is 0.286 e. The molecular formula is C11H10ClNO4S. The summed E-state index contributed by atoms with van der Waals surface area (Å²) in [6.45, 7) is 3.58. The van der Waals surface area contributed by atoms with Crippen LogP contribution < -0.4 is 0 Å². The van der Waals surface area contributed by atoms with Crippen molar-refractivity contribution in [2.45, 2.75) is 18.7 Å². The molecule has 0 aliphatic carbocycles. The summed E-state index contributed by atoms with van der Waals surface area (Å²) in [5, 5.41) is 10.8. The average Bonchev–Trinajstić information content (AvgIpc) is 2.24. The van der Waals surface area contributed by atoms with Crippen molar-refractivity contribution in [3.8, 4) is 11.8 Å². The van der Waals surface area contributed by atoms with Gasteiger partial charge in [0.15, 0.2) is 0 Å². The van der Waals surface area contributed by atoms with E-state index in [0.29, 0.717) is 0 Å². The zero-order chi connectivity index (χ0) is 13.9. The van der Waals surface area contributed by atoms with Gasteiger partial charge >= 0.3 is 0 Å². The summed E-state index contributed by atoms with van der Waals surface area (Å²) >= 11 is 0. The van der Waals surface area contributed by atoms with Crippen LogP contribution in [0.25, 0.3) is 0 Å². The van der Waals surface area contributed by atoms with Gasteiger partial charge in [0.05, 0.1) is 4.92 Å². The fraction of sp³-hybridized carbons (Fsp3) is 0.273. The Morgan fingerprint density at radius 3 is 2.44 bits per heavy atom. The second kappa shape index (κ2) is 5.38. The molecule has 96 valence electrons. The lowest BCUT2D eigenvalue weighted by Gasteiger charge is -2.01. The molecule has 0 atom stereocenters. The zero-order valence-electron chi connectivity index (χ0n) is 9.68. The van der Waals surface area contributed by atoms with E-state index in [1.165, 1.54) is 18.2 Å². The van der Waals surface area contributed by atoms with Gasteiger partial charge in [-0.1, -0.05) is 31.8 Å². The van der Waals surface area contributed by atoms with Crippen molar-refractivity contribution >= 4 is 25.4 Å². The maximum Gasteiger partial charge on any atom is 0.286 e. The van der Waals surface area contributed by atoms with Crippen molar-refractivity contribution in [2.75, 3.05) is 0 Å². The first kappa shape index (κ1) is 14.5. The molecule has 0 aliphatic heterocycles. The van der Waals surface area contributed by atoms with Crippen molar-refractivity contribution in [2.24, 2.45) is 5.92 Å². The van der Waals surface area contributed by atoms with Crippen LogP contribution in [0, 0.1) is 27.9 Å². The number of nitrogens with zero attached hydrogens (tertiary/aromatic N) is 1. The first-order chi connectivity index (χ1) is 8.23. The minimum Gasteiger partial charge on any atom is -0.258 e. The third-order valence-electron chi connectivity index (χ3n) is 1.95. The van der Waals surface area contributed by atoms with E-state index < -0.39 is 14.0 Å². The molecule has 0 saturated carbocycles. The van der Waals surface area contributed by atoms with E-state index in [1.807, 2.05) is 0 Å². The Hall–Kier alpha value is -1.58. The molecule has 0 bridgehead atoms. The van der Waals surface area contributed by atoms with E-state index in [2.05, 4.69) is 11.8 Å². The van der Waals surface area contributed by atoms with Gasteiger partial charge in [-0.05, 0) is 6.07 Å². The monoisotopic (exact) mass is 287 g/mol. The van der Waals surface area contributed by atoms with Gasteiger partial charge in [0.1, 0.15) is 10.5 Å². The minimum atomic E-state index is -4.07. The van der Waals surface area contributed by atoms with Crippen LogP contribution in [0.15, 0.2) is 23.1 Å². The van der Waals surface area contributed by atoms with Crippen LogP contribution in [0.3, 0.4) is 0 Å². The first-order valence-electron chi connectivity index (χ1n) is 4.97. The zero-order valence-corrected chi connectivity index (χ0v) is 11.2. The number of halogens is 1. The normalized spacial score (nSPS) is 10.9. The van der Waals surface area contributed by atoms with E-state index in [1.54, 1.807) is 13.8 Å². The minimum absolute atomic E-state index is 0.0457. The van der Waals surface area contributed by atoms with E-state index in [0.717, 1.165) is 0 Å². The Labute approximate surface area is 109 Å². The summed E-state index contributed by atoms with van der Waals surface area (Å²) in [7, 11) is 1.17. The summed E-state index contributed by atoms with van der Waals surface area (Å²) in [5.41, 5.74) is -0.545. The molecule has 0 spiro atoms. The molecule has 7 heteroatoms. The number of hydrogen-bond donors (Lipinski definition) is 0. The van der Waals surface area contributed by atoms with E-state index in [-0.39, 0.29) is 22.1 Å². The predicted octanol–water partition coefficient (Wildman–Crippen LogP) is 2.53. The molecular weight excluding hydrogens is 278 g/mol. The predicted molar refractivity (Wildman–Crippen MR) is 67.9 cm³/mol. The molecule has 0 fully saturated rings. The van der Waals surface area contributed by atoms with Crippen LogP contribution in [-0.2, 0) is 9.05 Å². The fourth-order valence-corrected chi connectivity index (χ4v) is 2.24. The summed E-state index contributed by atoms with van der Waals surface area (Å²) in [6.07, 6.45) is 0. The Morgan fingerprint density at radius 2 is 2.00 bits per heavy atom. The Morgan fingerprint density at radius 1 is 1.39 bits per heavy atom. The van der Waals surface area contributed by atoms with Gasteiger partial charge in [-0.15, -0.1) is 0 Å². The van der Waals surface area contributed by atoms with Gasteiger partial charge in [-0.2, -0.15) is 0 Å². The third-order valence-corrected chi connectivity index (χ3v) is 3.31. The van der Waals surface area contributed by atoms with Crippen LogP contribution in [0.1, 0.15) is 19.4 Å². The van der Waals surface area contributed by atoms with Crippen LogP contribution in [0.2, 0.25) is 0 Å². The lowest BCUT2D eigenvalue weighted by Crippen LogP contribution is -2.00. The highest BCUT2D eigenvalue weighted by Crippen LogP contribution is 2.27. The standard InChI is InChI=1S/C11H10ClNO4S/c1-8(2)6-7-9-10(13(14)15)4-3-5-11(9)18(12,16)17/h3-5,8H,1-2H3. The highest BCUT2D eigenvalue weighted by atomic mass is 35.7. The Balaban J connectivity index is 3.62. The molecule has 0 N–H and O–H groups in total. The number of benzene rings is 1. The number of nitro benzene ring substituents is 1. The van der Waals surface area contributed by atoms with E-state index in [9.17, 15) is 18.5 Å². The van der Waals surface area contributed by atoms with Gasteiger partial charge < -0.3 is 0 Å². The van der Waals surface area contributed by atoms with Crippen molar-refractivity contribution in [3.63, 3.8) is 0 Å². The van der Waals surface area contributed by atoms with Gasteiger partial charge in [0.25, 0.3) is 14.7 Å². The highest BCUT2D eigenvalue weighted by molar-refractivity contribution is 8.13. The number of nitro groups is 1. The molecule has 5 nitrogen and oxygen atoms in total. The van der Waals surface area contributed by atoms with Crippen molar-refractivity contribution in [1.29, 1.82) is 0 Å². The molecule has 1 rings (SSSR count). The summed E-state index contributed by atoms with van der Waals surface area (Å²) < 4.78 is 22.7. The maximum atomic E-state index is 11.3. The summed E-state index contributed by atoms with van der Waals surface area (Å²) in [6, 6.07) is 3.64. The summed E-state index contributed by atoms with van der Waals surface area (Å²) in [4.78, 5) is 9.82. The van der Waals surface area contributed by atoms with Crippen LogP contribution in [-0.4, -0.2) is 13.3 Å². The topological polar surface area (TPSA) is 77.3 Å². The molecule has 0 unspecified atom stereocenters. The lowest BCUT2D eigenvalue weighted by atomic mass is 10.1. The molecule has 0 amide bonds. The highest BCUT2D eigenvalue weighted by Gasteiger charge is 2.23. The maximum absolute atomic E-state index is 11.3. The fourth-order valence-electron chi connectivity index (χ4n) is 1.22. The molecule has 0 aliphatic rings. The second-order valence-corrected chi connectivity index (χ2v) is 6.30. The van der Waals surface area contributed by atoms with Gasteiger partial charge in [0, 0.05) is 22.7 Å². The molecule has 18 heavy (non-hydrogen) atoms. The SMILES string of the molecule is CC(C)C#Cc1c([N+](=O)[O-])cccc1S(=O)(=O)Cl. The first-order valence-corrected chi connectivity index (χ1v) is 7.28. The Kier molecular flexibility index (Phi) is 4.33. The van der Waals surface area contributed by atoms with Crippen molar-refractivity contribution < 1.29 is 13.3 Å². The van der Waals surface area contributed by atoms with Crippen LogP contribution in [0.5, 0.6) is 0 Å². The molecule has 0 saturated heterocycles.